The van der Waals surface area contributed by atoms with Crippen LogP contribution in [0.2, 0.25) is 0 Å². The first kappa shape index (κ1) is 14.4. The molecule has 0 aromatic heterocycles. The van der Waals surface area contributed by atoms with Gasteiger partial charge < -0.3 is 10.4 Å². The number of aliphatic hydroxyl groups is 1. The second kappa shape index (κ2) is 6.50. The van der Waals surface area contributed by atoms with Crippen LogP contribution < -0.4 is 5.32 Å². The molecule has 0 radical (unpaired) electrons. The first-order chi connectivity index (χ1) is 9.75. The zero-order valence-electron chi connectivity index (χ0n) is 12.1. The van der Waals surface area contributed by atoms with Crippen LogP contribution in [0.3, 0.4) is 0 Å². The van der Waals surface area contributed by atoms with Crippen LogP contribution in [0.4, 0.5) is 0 Å². The van der Waals surface area contributed by atoms with Gasteiger partial charge in [0, 0.05) is 23.2 Å². The van der Waals surface area contributed by atoms with Gasteiger partial charge in [0.15, 0.2) is 0 Å². The fourth-order valence-electron chi connectivity index (χ4n) is 3.40. The van der Waals surface area contributed by atoms with E-state index in [1.54, 1.807) is 0 Å². The van der Waals surface area contributed by atoms with Crippen LogP contribution in [0.15, 0.2) is 29.2 Å². The van der Waals surface area contributed by atoms with E-state index >= 15 is 0 Å². The minimum absolute atomic E-state index is 0.452. The standard InChI is InChI=1S/C17H25NOS/c19-17(9-5-1-2-6-10-17)13-18-12-15-11-14-7-3-4-8-16(14)20-15/h3-4,7-8,15,18-19H,1-2,5-6,9-13H2. The molecule has 1 saturated carbocycles. The number of benzene rings is 1. The van der Waals surface area contributed by atoms with Crippen molar-refractivity contribution in [2.75, 3.05) is 13.1 Å². The fraction of sp³-hybridized carbons (Fsp3) is 0.647. The van der Waals surface area contributed by atoms with E-state index in [1.165, 1.54) is 36.1 Å². The lowest BCUT2D eigenvalue weighted by Crippen LogP contribution is -2.42. The number of hydrogen-bond acceptors (Lipinski definition) is 3. The van der Waals surface area contributed by atoms with Crippen molar-refractivity contribution in [2.45, 2.75) is 60.7 Å². The van der Waals surface area contributed by atoms with Gasteiger partial charge in [-0.05, 0) is 30.9 Å². The summed E-state index contributed by atoms with van der Waals surface area (Å²) in [5.74, 6) is 0. The van der Waals surface area contributed by atoms with Crippen molar-refractivity contribution in [3.63, 3.8) is 0 Å². The number of hydrogen-bond donors (Lipinski definition) is 2. The molecular formula is C17H25NOS. The van der Waals surface area contributed by atoms with Crippen molar-refractivity contribution >= 4 is 11.8 Å². The molecule has 1 unspecified atom stereocenters. The van der Waals surface area contributed by atoms with Gasteiger partial charge >= 0.3 is 0 Å². The molecule has 0 bridgehead atoms. The molecule has 3 rings (SSSR count). The molecular weight excluding hydrogens is 266 g/mol. The highest BCUT2D eigenvalue weighted by atomic mass is 32.2. The van der Waals surface area contributed by atoms with Crippen molar-refractivity contribution in [3.8, 4) is 0 Å². The zero-order valence-corrected chi connectivity index (χ0v) is 12.9. The third-order valence-corrected chi connectivity index (χ3v) is 5.89. The van der Waals surface area contributed by atoms with Gasteiger partial charge in [-0.1, -0.05) is 43.9 Å². The molecule has 110 valence electrons. The number of nitrogens with one attached hydrogen (secondary N) is 1. The predicted molar refractivity (Wildman–Crippen MR) is 85.3 cm³/mol. The molecule has 2 nitrogen and oxygen atoms in total. The summed E-state index contributed by atoms with van der Waals surface area (Å²) in [6, 6.07) is 8.71. The maximum absolute atomic E-state index is 10.6. The summed E-state index contributed by atoms with van der Waals surface area (Å²) < 4.78 is 0. The summed E-state index contributed by atoms with van der Waals surface area (Å²) >= 11 is 1.98. The molecule has 1 heterocycles. The summed E-state index contributed by atoms with van der Waals surface area (Å²) in [5, 5.41) is 14.8. The molecule has 1 fully saturated rings. The fourth-order valence-corrected chi connectivity index (χ4v) is 4.68. The van der Waals surface area contributed by atoms with Crippen LogP contribution in [-0.4, -0.2) is 29.0 Å². The second-order valence-electron chi connectivity index (χ2n) is 6.32. The summed E-state index contributed by atoms with van der Waals surface area (Å²) in [5.41, 5.74) is 1.03. The maximum Gasteiger partial charge on any atom is 0.0771 e. The van der Waals surface area contributed by atoms with Crippen LogP contribution in [-0.2, 0) is 6.42 Å². The van der Waals surface area contributed by atoms with Crippen LogP contribution in [0.5, 0.6) is 0 Å². The van der Waals surface area contributed by atoms with Crippen molar-refractivity contribution in [1.29, 1.82) is 0 Å². The third kappa shape index (κ3) is 3.57. The van der Waals surface area contributed by atoms with E-state index in [9.17, 15) is 5.11 Å². The average Bonchev–Trinajstić information content (AvgIpc) is 2.73. The van der Waals surface area contributed by atoms with Gasteiger partial charge in [0.2, 0.25) is 0 Å². The van der Waals surface area contributed by atoms with E-state index in [2.05, 4.69) is 29.6 Å². The summed E-state index contributed by atoms with van der Waals surface area (Å²) in [7, 11) is 0. The molecule has 1 aliphatic carbocycles. The molecule has 2 aliphatic rings. The van der Waals surface area contributed by atoms with E-state index in [1.807, 2.05) is 11.8 Å². The van der Waals surface area contributed by atoms with Crippen molar-refractivity contribution in [1.82, 2.24) is 5.32 Å². The van der Waals surface area contributed by atoms with Crippen molar-refractivity contribution in [3.05, 3.63) is 29.8 Å². The number of fused-ring (bicyclic) bond motifs is 1. The van der Waals surface area contributed by atoms with Gasteiger partial charge in [0.05, 0.1) is 5.60 Å². The van der Waals surface area contributed by atoms with Gasteiger partial charge in [-0.2, -0.15) is 0 Å². The summed E-state index contributed by atoms with van der Waals surface area (Å²) in [4.78, 5) is 1.44. The predicted octanol–water partition coefficient (Wildman–Crippen LogP) is 3.38. The van der Waals surface area contributed by atoms with Crippen LogP contribution in [0.25, 0.3) is 0 Å². The lowest BCUT2D eigenvalue weighted by Gasteiger charge is -2.27. The van der Waals surface area contributed by atoms with E-state index in [-0.39, 0.29) is 0 Å². The Kier molecular flexibility index (Phi) is 4.69. The maximum atomic E-state index is 10.6. The SMILES string of the molecule is OC1(CNCC2Cc3ccccc3S2)CCCCCC1. The smallest absolute Gasteiger partial charge is 0.0771 e. The Bertz CT molecular complexity index is 415. The first-order valence-corrected chi connectivity index (χ1v) is 8.81. The minimum atomic E-state index is -0.452. The number of rotatable bonds is 4. The molecule has 2 N–H and O–H groups in total. The molecule has 1 aromatic carbocycles. The molecule has 0 spiro atoms. The van der Waals surface area contributed by atoms with E-state index < -0.39 is 5.60 Å². The number of thioether (sulfide) groups is 1. The lowest BCUT2D eigenvalue weighted by molar-refractivity contribution is 0.0256. The van der Waals surface area contributed by atoms with Crippen LogP contribution in [0.1, 0.15) is 44.1 Å². The van der Waals surface area contributed by atoms with Crippen LogP contribution in [0, 0.1) is 0 Å². The highest BCUT2D eigenvalue weighted by Gasteiger charge is 2.28. The van der Waals surface area contributed by atoms with Crippen LogP contribution >= 0.6 is 11.8 Å². The van der Waals surface area contributed by atoms with E-state index in [0.29, 0.717) is 5.25 Å². The highest BCUT2D eigenvalue weighted by molar-refractivity contribution is 8.00. The summed E-state index contributed by atoms with van der Waals surface area (Å²) in [6.07, 6.45) is 8.04. The lowest BCUT2D eigenvalue weighted by atomic mass is 9.94. The zero-order chi connectivity index (χ0) is 13.8. The third-order valence-electron chi connectivity index (χ3n) is 4.57. The Morgan fingerprint density at radius 1 is 1.15 bits per heavy atom. The molecule has 0 saturated heterocycles. The van der Waals surface area contributed by atoms with Gasteiger partial charge in [-0.25, -0.2) is 0 Å². The Labute approximate surface area is 126 Å². The Hall–Kier alpha value is -0.510. The summed E-state index contributed by atoms with van der Waals surface area (Å²) in [6.45, 7) is 1.77. The minimum Gasteiger partial charge on any atom is -0.389 e. The van der Waals surface area contributed by atoms with Crippen molar-refractivity contribution in [2.24, 2.45) is 0 Å². The van der Waals surface area contributed by atoms with E-state index in [0.717, 1.165) is 32.4 Å². The molecule has 1 aliphatic heterocycles. The molecule has 1 aromatic rings. The average molecular weight is 291 g/mol. The first-order valence-electron chi connectivity index (χ1n) is 7.93. The molecule has 1 atom stereocenters. The molecule has 0 amide bonds. The topological polar surface area (TPSA) is 32.3 Å². The Balaban J connectivity index is 1.45. The Morgan fingerprint density at radius 2 is 1.90 bits per heavy atom. The van der Waals surface area contributed by atoms with Gasteiger partial charge in [0.25, 0.3) is 0 Å². The van der Waals surface area contributed by atoms with Gasteiger partial charge in [-0.15, -0.1) is 11.8 Å². The highest BCUT2D eigenvalue weighted by Crippen LogP contribution is 2.36. The van der Waals surface area contributed by atoms with Gasteiger partial charge in [0.1, 0.15) is 0 Å². The molecule has 20 heavy (non-hydrogen) atoms. The second-order valence-corrected chi connectivity index (χ2v) is 7.66. The normalized spacial score (nSPS) is 25.1. The quantitative estimate of drug-likeness (QED) is 0.834. The molecule has 3 heteroatoms. The monoisotopic (exact) mass is 291 g/mol. The van der Waals surface area contributed by atoms with Crippen molar-refractivity contribution < 1.29 is 5.11 Å². The van der Waals surface area contributed by atoms with Gasteiger partial charge in [-0.3, -0.25) is 0 Å². The van der Waals surface area contributed by atoms with E-state index in [4.69, 9.17) is 0 Å². The largest absolute Gasteiger partial charge is 0.389 e. The Morgan fingerprint density at radius 3 is 2.65 bits per heavy atom.